The Morgan fingerprint density at radius 3 is 2.56 bits per heavy atom. The van der Waals surface area contributed by atoms with Crippen LogP contribution in [0.5, 0.6) is 0 Å². The van der Waals surface area contributed by atoms with Gasteiger partial charge in [0.2, 0.25) is 5.91 Å². The van der Waals surface area contributed by atoms with E-state index in [1.54, 1.807) is 0 Å². The number of hydrogen-bond donors (Lipinski definition) is 1. The number of carbonyl (C=O) groups is 1. The van der Waals surface area contributed by atoms with E-state index in [-0.39, 0.29) is 29.2 Å². The highest BCUT2D eigenvalue weighted by atomic mass is 32.2. The molecule has 25 heavy (non-hydrogen) atoms. The topological polar surface area (TPSA) is 72.5 Å². The number of carbonyl (C=O) groups excluding carboxylic acids is 1. The summed E-state index contributed by atoms with van der Waals surface area (Å²) in [5.41, 5.74) is 1.77. The lowest BCUT2D eigenvalue weighted by molar-refractivity contribution is -0.126. The summed E-state index contributed by atoms with van der Waals surface area (Å²) in [6.45, 7) is 6.95. The third-order valence-electron chi connectivity index (χ3n) is 4.85. The molecule has 1 fully saturated rings. The van der Waals surface area contributed by atoms with Crippen LogP contribution in [0.1, 0.15) is 44.2 Å². The van der Waals surface area contributed by atoms with Crippen LogP contribution in [0.3, 0.4) is 0 Å². The summed E-state index contributed by atoms with van der Waals surface area (Å²) in [4.78, 5) is 12.6. The summed E-state index contributed by atoms with van der Waals surface area (Å²) in [6, 6.07) is 8.18. The lowest BCUT2D eigenvalue weighted by Gasteiger charge is -2.45. The smallest absolute Gasteiger partial charge is 0.220 e. The number of amides is 1. The number of nitrogens with one attached hydrogen (secondary N) is 1. The minimum atomic E-state index is -3.08. The predicted molar refractivity (Wildman–Crippen MR) is 99.5 cm³/mol. The standard InChI is InChI=1S/C19H29NO4S/c1-15-7-5-6-8-16(15)19(9-11-24-18(2,3)14-19)13-17(21)20-10-12-25(4,22)23/h5-8H,9-14H2,1-4H3,(H,20,21). The molecule has 1 aromatic rings. The van der Waals surface area contributed by atoms with Gasteiger partial charge in [-0.3, -0.25) is 4.79 Å². The van der Waals surface area contributed by atoms with Gasteiger partial charge in [0.1, 0.15) is 9.84 Å². The summed E-state index contributed by atoms with van der Waals surface area (Å²) in [5.74, 6) is -0.144. The molecular weight excluding hydrogens is 338 g/mol. The monoisotopic (exact) mass is 367 g/mol. The lowest BCUT2D eigenvalue weighted by atomic mass is 9.66. The lowest BCUT2D eigenvalue weighted by Crippen LogP contribution is -2.47. The molecule has 0 aromatic heterocycles. The molecule has 0 radical (unpaired) electrons. The van der Waals surface area contributed by atoms with Gasteiger partial charge in [-0.05, 0) is 44.7 Å². The highest BCUT2D eigenvalue weighted by molar-refractivity contribution is 7.90. The molecule has 0 aliphatic carbocycles. The second-order valence-electron chi connectivity index (χ2n) is 7.79. The summed E-state index contributed by atoms with van der Waals surface area (Å²) in [6.07, 6.45) is 3.05. The average molecular weight is 368 g/mol. The number of aryl methyl sites for hydroxylation is 1. The molecule has 1 aliphatic heterocycles. The molecule has 2 rings (SSSR count). The average Bonchev–Trinajstić information content (AvgIpc) is 2.45. The van der Waals surface area contributed by atoms with Gasteiger partial charge in [0.05, 0.1) is 11.4 Å². The molecule has 1 amide bonds. The van der Waals surface area contributed by atoms with Gasteiger partial charge in [0, 0.05) is 31.2 Å². The second-order valence-corrected chi connectivity index (χ2v) is 10.0. The first-order chi connectivity index (χ1) is 11.5. The Hall–Kier alpha value is -1.40. The fourth-order valence-corrected chi connectivity index (χ4v) is 4.34. The Balaban J connectivity index is 2.21. The molecule has 1 atom stereocenters. The van der Waals surface area contributed by atoms with Crippen LogP contribution >= 0.6 is 0 Å². The van der Waals surface area contributed by atoms with E-state index in [4.69, 9.17) is 4.74 Å². The van der Waals surface area contributed by atoms with Crippen LogP contribution < -0.4 is 5.32 Å². The Morgan fingerprint density at radius 2 is 1.96 bits per heavy atom. The van der Waals surface area contributed by atoms with E-state index in [2.05, 4.69) is 38.2 Å². The number of ether oxygens (including phenoxy) is 1. The summed E-state index contributed by atoms with van der Waals surface area (Å²) in [5, 5.41) is 2.77. The van der Waals surface area contributed by atoms with Crippen molar-refractivity contribution in [2.45, 2.75) is 51.0 Å². The van der Waals surface area contributed by atoms with E-state index in [0.29, 0.717) is 13.0 Å². The molecule has 1 saturated heterocycles. The minimum absolute atomic E-state index is 0.0370. The van der Waals surface area contributed by atoms with Crippen molar-refractivity contribution in [3.8, 4) is 0 Å². The maximum Gasteiger partial charge on any atom is 0.220 e. The van der Waals surface area contributed by atoms with Crippen LogP contribution in [0.15, 0.2) is 24.3 Å². The van der Waals surface area contributed by atoms with Crippen molar-refractivity contribution in [2.75, 3.05) is 25.2 Å². The van der Waals surface area contributed by atoms with Gasteiger partial charge >= 0.3 is 0 Å². The van der Waals surface area contributed by atoms with E-state index in [0.717, 1.165) is 12.8 Å². The zero-order chi connectivity index (χ0) is 18.7. The van der Waals surface area contributed by atoms with Gasteiger partial charge in [0.15, 0.2) is 0 Å². The van der Waals surface area contributed by atoms with Crippen molar-refractivity contribution in [3.05, 3.63) is 35.4 Å². The summed E-state index contributed by atoms with van der Waals surface area (Å²) >= 11 is 0. The Kier molecular flexibility index (Phi) is 5.94. The van der Waals surface area contributed by atoms with Gasteiger partial charge in [-0.1, -0.05) is 24.3 Å². The predicted octanol–water partition coefficient (Wildman–Crippen LogP) is 2.37. The van der Waals surface area contributed by atoms with Crippen molar-refractivity contribution in [3.63, 3.8) is 0 Å². The number of sulfone groups is 1. The summed E-state index contributed by atoms with van der Waals surface area (Å²) in [7, 11) is -3.08. The van der Waals surface area contributed by atoms with Crippen molar-refractivity contribution in [1.29, 1.82) is 0 Å². The maximum atomic E-state index is 12.6. The third-order valence-corrected chi connectivity index (χ3v) is 5.79. The first-order valence-corrected chi connectivity index (χ1v) is 10.7. The molecular formula is C19H29NO4S. The molecule has 0 saturated carbocycles. The van der Waals surface area contributed by atoms with Crippen molar-refractivity contribution in [2.24, 2.45) is 0 Å². The highest BCUT2D eigenvalue weighted by Gasteiger charge is 2.44. The first kappa shape index (κ1) is 19.9. The number of rotatable bonds is 6. The Labute approximate surface area is 151 Å². The molecule has 1 unspecified atom stereocenters. The van der Waals surface area contributed by atoms with Crippen LogP contribution in [-0.4, -0.2) is 45.1 Å². The first-order valence-electron chi connectivity index (χ1n) is 8.68. The van der Waals surface area contributed by atoms with Gasteiger partial charge in [-0.25, -0.2) is 8.42 Å². The SMILES string of the molecule is Cc1ccccc1C1(CC(=O)NCCS(C)(=O)=O)CCOC(C)(C)C1. The Bertz CT molecular complexity index is 727. The van der Waals surface area contributed by atoms with E-state index in [1.165, 1.54) is 17.4 Å². The zero-order valence-corrected chi connectivity index (χ0v) is 16.4. The van der Waals surface area contributed by atoms with Crippen LogP contribution in [-0.2, 0) is 24.8 Å². The number of hydrogen-bond acceptors (Lipinski definition) is 4. The van der Waals surface area contributed by atoms with Crippen molar-refractivity contribution in [1.82, 2.24) is 5.32 Å². The van der Waals surface area contributed by atoms with Crippen molar-refractivity contribution < 1.29 is 17.9 Å². The van der Waals surface area contributed by atoms with Gasteiger partial charge in [-0.2, -0.15) is 0 Å². The van der Waals surface area contributed by atoms with E-state index >= 15 is 0 Å². The molecule has 5 nitrogen and oxygen atoms in total. The molecule has 140 valence electrons. The van der Waals surface area contributed by atoms with Crippen LogP contribution in [0.2, 0.25) is 0 Å². The zero-order valence-electron chi connectivity index (χ0n) is 15.6. The molecule has 1 N–H and O–H groups in total. The molecule has 6 heteroatoms. The minimum Gasteiger partial charge on any atom is -0.376 e. The van der Waals surface area contributed by atoms with Crippen LogP contribution in [0.4, 0.5) is 0 Å². The van der Waals surface area contributed by atoms with Crippen molar-refractivity contribution >= 4 is 15.7 Å². The molecule has 1 aromatic carbocycles. The van der Waals surface area contributed by atoms with Gasteiger partial charge in [0.25, 0.3) is 0 Å². The van der Waals surface area contributed by atoms with Gasteiger partial charge in [-0.15, -0.1) is 0 Å². The fourth-order valence-electron chi connectivity index (χ4n) is 3.87. The summed E-state index contributed by atoms with van der Waals surface area (Å²) < 4.78 is 28.4. The van der Waals surface area contributed by atoms with Crippen LogP contribution in [0, 0.1) is 6.92 Å². The quantitative estimate of drug-likeness (QED) is 0.838. The molecule has 0 bridgehead atoms. The van der Waals surface area contributed by atoms with E-state index in [1.807, 2.05) is 12.1 Å². The second kappa shape index (κ2) is 7.46. The fraction of sp³-hybridized carbons (Fsp3) is 0.632. The van der Waals surface area contributed by atoms with E-state index < -0.39 is 9.84 Å². The normalized spacial score (nSPS) is 23.2. The number of benzene rings is 1. The highest BCUT2D eigenvalue weighted by Crippen LogP contribution is 2.45. The third kappa shape index (κ3) is 5.54. The maximum absolute atomic E-state index is 12.6. The van der Waals surface area contributed by atoms with Crippen LogP contribution in [0.25, 0.3) is 0 Å². The largest absolute Gasteiger partial charge is 0.376 e. The molecule has 1 aliphatic rings. The van der Waals surface area contributed by atoms with E-state index in [9.17, 15) is 13.2 Å². The Morgan fingerprint density at radius 1 is 1.28 bits per heavy atom. The van der Waals surface area contributed by atoms with Gasteiger partial charge < -0.3 is 10.1 Å². The molecule has 0 spiro atoms. The molecule has 1 heterocycles.